The lowest BCUT2D eigenvalue weighted by molar-refractivity contribution is -0.135. The van der Waals surface area contributed by atoms with E-state index in [1.165, 1.54) is 26.4 Å². The molecule has 3 aromatic rings. The lowest BCUT2D eigenvalue weighted by Crippen LogP contribution is -2.21. The minimum atomic E-state index is -1.04. The molecular formula is C27H20O8. The normalized spacial score (nSPS) is 17.3. The second-order valence-electron chi connectivity index (χ2n) is 8.03. The number of para-hydroxylation sites is 1. The third-order valence-electron chi connectivity index (χ3n) is 6.06. The summed E-state index contributed by atoms with van der Waals surface area (Å²) in [4.78, 5) is 36.8. The van der Waals surface area contributed by atoms with Crippen LogP contribution >= 0.6 is 0 Å². The molecule has 176 valence electrons. The highest BCUT2D eigenvalue weighted by atomic mass is 16.5. The highest BCUT2D eigenvalue weighted by molar-refractivity contribution is 6.15. The fourth-order valence-corrected chi connectivity index (χ4v) is 4.42. The Morgan fingerprint density at radius 3 is 2.46 bits per heavy atom. The first-order chi connectivity index (χ1) is 16.9. The van der Waals surface area contributed by atoms with Crippen LogP contribution in [0.5, 0.6) is 23.0 Å². The van der Waals surface area contributed by atoms with Crippen molar-refractivity contribution in [2.75, 3.05) is 14.2 Å². The van der Waals surface area contributed by atoms with Crippen LogP contribution in [0.2, 0.25) is 0 Å². The van der Waals surface area contributed by atoms with E-state index in [2.05, 4.69) is 0 Å². The fourth-order valence-electron chi connectivity index (χ4n) is 4.42. The van der Waals surface area contributed by atoms with Crippen LogP contribution in [-0.4, -0.2) is 37.0 Å². The Balaban J connectivity index is 1.59. The number of methoxy groups -OCH3 is 2. The molecule has 0 saturated heterocycles. The van der Waals surface area contributed by atoms with Crippen LogP contribution in [-0.2, 0) is 4.79 Å². The molecule has 2 heterocycles. The zero-order valence-corrected chi connectivity index (χ0v) is 18.9. The molecule has 8 heteroatoms. The molecule has 5 rings (SSSR count). The van der Waals surface area contributed by atoms with Crippen molar-refractivity contribution in [3.63, 3.8) is 0 Å². The summed E-state index contributed by atoms with van der Waals surface area (Å²) in [5, 5.41) is 9.21. The number of esters is 1. The van der Waals surface area contributed by atoms with Gasteiger partial charge in [-0.1, -0.05) is 24.3 Å². The van der Waals surface area contributed by atoms with Crippen molar-refractivity contribution in [1.82, 2.24) is 0 Å². The van der Waals surface area contributed by atoms with Gasteiger partial charge in [0.15, 0.2) is 17.3 Å². The highest BCUT2D eigenvalue weighted by Crippen LogP contribution is 2.49. The van der Waals surface area contributed by atoms with Crippen LogP contribution in [0.1, 0.15) is 49.7 Å². The number of allylic oxidation sites excluding steroid dienone is 1. The number of benzene rings is 3. The third-order valence-corrected chi connectivity index (χ3v) is 6.06. The van der Waals surface area contributed by atoms with E-state index in [4.69, 9.17) is 18.9 Å². The number of carbonyl (C=O) groups is 3. The molecule has 2 aliphatic rings. The van der Waals surface area contributed by atoms with E-state index >= 15 is 0 Å². The van der Waals surface area contributed by atoms with Gasteiger partial charge in [0.05, 0.1) is 31.8 Å². The molecule has 1 atom stereocenters. The average molecular weight is 472 g/mol. The first kappa shape index (κ1) is 22.2. The average Bonchev–Trinajstić information content (AvgIpc) is 3.18. The molecule has 1 N–H and O–H groups in total. The number of aromatic carboxylic acids is 1. The van der Waals surface area contributed by atoms with Crippen molar-refractivity contribution in [1.29, 1.82) is 0 Å². The second kappa shape index (κ2) is 8.64. The first-order valence-electron chi connectivity index (χ1n) is 10.8. The van der Waals surface area contributed by atoms with E-state index in [-0.39, 0.29) is 23.5 Å². The Kier molecular flexibility index (Phi) is 5.49. The third kappa shape index (κ3) is 3.78. The maximum Gasteiger partial charge on any atom is 0.335 e. The van der Waals surface area contributed by atoms with Gasteiger partial charge in [-0.25, -0.2) is 4.79 Å². The Morgan fingerprint density at radius 1 is 1.00 bits per heavy atom. The van der Waals surface area contributed by atoms with E-state index in [9.17, 15) is 19.5 Å². The van der Waals surface area contributed by atoms with Gasteiger partial charge < -0.3 is 24.1 Å². The Morgan fingerprint density at radius 2 is 1.77 bits per heavy atom. The minimum absolute atomic E-state index is 0.0240. The Bertz CT molecular complexity index is 1400. The molecule has 1 unspecified atom stereocenters. The summed E-state index contributed by atoms with van der Waals surface area (Å²) < 4.78 is 22.3. The lowest BCUT2D eigenvalue weighted by Gasteiger charge is -2.26. The summed E-state index contributed by atoms with van der Waals surface area (Å²) in [6.07, 6.45) is 1.61. The number of carboxylic acid groups (broad SMARTS) is 1. The molecule has 0 fully saturated rings. The topological polar surface area (TPSA) is 108 Å². The number of ether oxygens (including phenoxy) is 4. The van der Waals surface area contributed by atoms with Crippen molar-refractivity contribution in [2.45, 2.75) is 12.3 Å². The number of hydrogen-bond donors (Lipinski definition) is 1. The maximum absolute atomic E-state index is 13.2. The molecule has 2 aliphatic heterocycles. The summed E-state index contributed by atoms with van der Waals surface area (Å²) in [7, 11) is 3.04. The monoisotopic (exact) mass is 472 g/mol. The van der Waals surface area contributed by atoms with Gasteiger partial charge in [0.25, 0.3) is 0 Å². The van der Waals surface area contributed by atoms with Crippen molar-refractivity contribution >= 4 is 23.8 Å². The predicted octanol–water partition coefficient (Wildman–Crippen LogP) is 4.46. The summed E-state index contributed by atoms with van der Waals surface area (Å²) in [5.41, 5.74) is 2.37. The number of fused-ring (bicyclic) bond motifs is 3. The smallest absolute Gasteiger partial charge is 0.335 e. The van der Waals surface area contributed by atoms with Gasteiger partial charge in [0, 0.05) is 17.0 Å². The van der Waals surface area contributed by atoms with Crippen molar-refractivity contribution in [3.8, 4) is 23.0 Å². The van der Waals surface area contributed by atoms with E-state index < -0.39 is 17.9 Å². The molecule has 0 amide bonds. The molecule has 35 heavy (non-hydrogen) atoms. The quantitative estimate of drug-likeness (QED) is 0.329. The predicted molar refractivity (Wildman–Crippen MR) is 124 cm³/mol. The molecule has 0 radical (unpaired) electrons. The zero-order chi connectivity index (χ0) is 24.7. The summed E-state index contributed by atoms with van der Waals surface area (Å²) in [6, 6.07) is 14.7. The number of Topliss-reactive ketones (excluding diaryl/α,β-unsaturated/α-hetero) is 1. The number of ketones is 1. The van der Waals surface area contributed by atoms with Crippen LogP contribution < -0.4 is 18.9 Å². The van der Waals surface area contributed by atoms with Crippen molar-refractivity contribution in [2.24, 2.45) is 0 Å². The standard InChI is InChI=1S/C27H20O8/c1-32-20-5-3-4-16(25(20)33-2)12-21-24(29)17-10-11-19-23(26(17)35-21)18(13-22(28)34-19)14-6-8-15(9-7-14)27(30)31/h3-12,18H,13H2,1-2H3,(H,30,31)/b21-12-. The van der Waals surface area contributed by atoms with Crippen LogP contribution in [0, 0.1) is 0 Å². The molecule has 0 aliphatic carbocycles. The summed E-state index contributed by atoms with van der Waals surface area (Å²) in [6.45, 7) is 0. The SMILES string of the molecule is COc1cccc(/C=C2\Oc3c(ccc4c3C(c3ccc(C(=O)O)cc3)CC(=O)O4)C2=O)c1OC. The van der Waals surface area contributed by atoms with Gasteiger partial charge >= 0.3 is 11.9 Å². The number of rotatable bonds is 5. The molecule has 0 spiro atoms. The number of carboxylic acids is 1. The van der Waals surface area contributed by atoms with Gasteiger partial charge in [-0.15, -0.1) is 0 Å². The van der Waals surface area contributed by atoms with E-state index in [0.29, 0.717) is 45.3 Å². The van der Waals surface area contributed by atoms with E-state index in [1.807, 2.05) is 0 Å². The van der Waals surface area contributed by atoms with Crippen molar-refractivity contribution < 1.29 is 38.4 Å². The van der Waals surface area contributed by atoms with Gasteiger partial charge in [-0.3, -0.25) is 9.59 Å². The molecule has 3 aromatic carbocycles. The second-order valence-corrected chi connectivity index (χ2v) is 8.03. The largest absolute Gasteiger partial charge is 0.493 e. The van der Waals surface area contributed by atoms with Gasteiger partial charge in [-0.05, 0) is 42.0 Å². The number of carbonyl (C=O) groups excluding carboxylic acids is 2. The molecule has 0 bridgehead atoms. The van der Waals surface area contributed by atoms with Crippen molar-refractivity contribution in [3.05, 3.63) is 88.2 Å². The Labute approximate surface area is 200 Å². The van der Waals surface area contributed by atoms with Crippen LogP contribution in [0.4, 0.5) is 0 Å². The highest BCUT2D eigenvalue weighted by Gasteiger charge is 2.38. The summed E-state index contributed by atoms with van der Waals surface area (Å²) in [5.74, 6) is -0.561. The molecule has 0 aromatic heterocycles. The summed E-state index contributed by atoms with van der Waals surface area (Å²) >= 11 is 0. The molecular weight excluding hydrogens is 452 g/mol. The lowest BCUT2D eigenvalue weighted by atomic mass is 9.84. The zero-order valence-electron chi connectivity index (χ0n) is 18.9. The van der Waals surface area contributed by atoms with Gasteiger partial charge in [-0.2, -0.15) is 0 Å². The van der Waals surface area contributed by atoms with Crippen LogP contribution in [0.3, 0.4) is 0 Å². The molecule has 8 nitrogen and oxygen atoms in total. The van der Waals surface area contributed by atoms with Crippen LogP contribution in [0.15, 0.2) is 60.4 Å². The Hall–Kier alpha value is -4.59. The minimum Gasteiger partial charge on any atom is -0.493 e. The van der Waals surface area contributed by atoms with Gasteiger partial charge in [0.2, 0.25) is 5.78 Å². The van der Waals surface area contributed by atoms with E-state index in [0.717, 1.165) is 0 Å². The van der Waals surface area contributed by atoms with Crippen LogP contribution in [0.25, 0.3) is 6.08 Å². The molecule has 0 saturated carbocycles. The first-order valence-corrected chi connectivity index (χ1v) is 10.8. The van der Waals surface area contributed by atoms with E-state index in [1.54, 1.807) is 48.5 Å². The maximum atomic E-state index is 13.2. The van der Waals surface area contributed by atoms with Gasteiger partial charge in [0.1, 0.15) is 11.5 Å². The number of hydrogen-bond acceptors (Lipinski definition) is 7. The fraction of sp³-hybridized carbons (Fsp3) is 0.148.